The molecule has 10 heteroatoms. The Hall–Kier alpha value is -3.33. The van der Waals surface area contributed by atoms with Crippen molar-refractivity contribution in [1.29, 1.82) is 0 Å². The van der Waals surface area contributed by atoms with Gasteiger partial charge in [0, 0.05) is 30.1 Å². The van der Waals surface area contributed by atoms with E-state index in [0.29, 0.717) is 16.5 Å². The fourth-order valence-electron chi connectivity index (χ4n) is 3.10. The van der Waals surface area contributed by atoms with E-state index in [-0.39, 0.29) is 36.0 Å². The zero-order valence-electron chi connectivity index (χ0n) is 16.6. The number of anilines is 2. The van der Waals surface area contributed by atoms with Crippen molar-refractivity contribution in [2.45, 2.75) is 25.9 Å². The number of hydrogen-bond acceptors (Lipinski definition) is 6. The maximum Gasteiger partial charge on any atom is 0.271 e. The number of fused-ring (bicyclic) bond motifs is 1. The van der Waals surface area contributed by atoms with Gasteiger partial charge in [-0.05, 0) is 38.1 Å². The van der Waals surface area contributed by atoms with E-state index in [0.717, 1.165) is 0 Å². The zero-order valence-corrected chi connectivity index (χ0v) is 17.4. The van der Waals surface area contributed by atoms with Crippen molar-refractivity contribution in [3.05, 3.63) is 51.5 Å². The second-order valence-electron chi connectivity index (χ2n) is 7.12. The number of carbonyl (C=O) groups excluding carboxylic acids is 2. The van der Waals surface area contributed by atoms with Crippen LogP contribution in [0.1, 0.15) is 20.3 Å². The van der Waals surface area contributed by atoms with Crippen LogP contribution in [0.5, 0.6) is 11.5 Å². The monoisotopic (exact) mass is 433 g/mol. The van der Waals surface area contributed by atoms with Crippen LogP contribution in [0.25, 0.3) is 0 Å². The second kappa shape index (κ2) is 8.19. The molecule has 0 unspecified atom stereocenters. The van der Waals surface area contributed by atoms with E-state index >= 15 is 0 Å². The molecule has 1 aliphatic heterocycles. The SMILES string of the molecule is COc1ccc([N+](=O)[O-])cc1NC(=O)CCN1C(=O)C(C)(C)Oc2ccc(Cl)cc21. The summed E-state index contributed by atoms with van der Waals surface area (Å²) in [7, 11) is 1.39. The third kappa shape index (κ3) is 4.30. The first kappa shape index (κ1) is 21.4. The highest BCUT2D eigenvalue weighted by atomic mass is 35.5. The van der Waals surface area contributed by atoms with Crippen LogP contribution in [0.2, 0.25) is 5.02 Å². The van der Waals surface area contributed by atoms with E-state index in [2.05, 4.69) is 5.32 Å². The van der Waals surface area contributed by atoms with Crippen LogP contribution in [0.3, 0.4) is 0 Å². The van der Waals surface area contributed by atoms with Crippen molar-refractivity contribution < 1.29 is 24.0 Å². The van der Waals surface area contributed by atoms with Crippen LogP contribution in [0, 0.1) is 10.1 Å². The van der Waals surface area contributed by atoms with Crippen molar-refractivity contribution in [3.8, 4) is 11.5 Å². The average molecular weight is 434 g/mol. The first-order valence-electron chi connectivity index (χ1n) is 9.05. The summed E-state index contributed by atoms with van der Waals surface area (Å²) in [5.74, 6) is 0.0342. The predicted molar refractivity (Wildman–Crippen MR) is 111 cm³/mol. The molecule has 30 heavy (non-hydrogen) atoms. The van der Waals surface area contributed by atoms with Crippen molar-refractivity contribution in [2.24, 2.45) is 0 Å². The van der Waals surface area contributed by atoms with E-state index in [4.69, 9.17) is 21.1 Å². The third-order valence-electron chi connectivity index (χ3n) is 4.57. The molecule has 9 nitrogen and oxygen atoms in total. The lowest BCUT2D eigenvalue weighted by Gasteiger charge is -2.38. The van der Waals surface area contributed by atoms with Gasteiger partial charge in [-0.3, -0.25) is 19.7 Å². The number of rotatable bonds is 6. The quantitative estimate of drug-likeness (QED) is 0.548. The normalized spacial score (nSPS) is 14.5. The van der Waals surface area contributed by atoms with Crippen LogP contribution < -0.4 is 19.7 Å². The van der Waals surface area contributed by atoms with Gasteiger partial charge in [0.25, 0.3) is 11.6 Å². The molecule has 0 atom stereocenters. The highest BCUT2D eigenvalue weighted by Crippen LogP contribution is 2.39. The number of nitrogens with one attached hydrogen (secondary N) is 1. The van der Waals surface area contributed by atoms with Gasteiger partial charge in [-0.15, -0.1) is 0 Å². The zero-order chi connectivity index (χ0) is 22.1. The molecule has 0 saturated heterocycles. The Kier molecular flexibility index (Phi) is 5.84. The lowest BCUT2D eigenvalue weighted by molar-refractivity contribution is -0.384. The van der Waals surface area contributed by atoms with Crippen LogP contribution >= 0.6 is 11.6 Å². The molecular formula is C20H20ClN3O6. The molecule has 1 heterocycles. The number of amides is 2. The Bertz CT molecular complexity index is 1020. The number of ether oxygens (including phenoxy) is 2. The van der Waals surface area contributed by atoms with Gasteiger partial charge in [0.1, 0.15) is 11.5 Å². The van der Waals surface area contributed by atoms with E-state index in [1.54, 1.807) is 32.0 Å². The first-order chi connectivity index (χ1) is 14.1. The van der Waals surface area contributed by atoms with Crippen molar-refractivity contribution in [3.63, 3.8) is 0 Å². The molecule has 1 N–H and O–H groups in total. The molecule has 0 bridgehead atoms. The molecule has 3 rings (SSSR count). The Balaban J connectivity index is 1.78. The van der Waals surface area contributed by atoms with Crippen LogP contribution in [-0.2, 0) is 9.59 Å². The Morgan fingerprint density at radius 1 is 1.30 bits per heavy atom. The van der Waals surface area contributed by atoms with E-state index in [9.17, 15) is 19.7 Å². The minimum atomic E-state index is -1.10. The van der Waals surface area contributed by atoms with Gasteiger partial charge in [0.05, 0.1) is 23.4 Å². The topological polar surface area (TPSA) is 111 Å². The number of nitro benzene ring substituents is 1. The number of halogens is 1. The van der Waals surface area contributed by atoms with Crippen LogP contribution in [-0.4, -0.2) is 36.0 Å². The summed E-state index contributed by atoms with van der Waals surface area (Å²) >= 11 is 6.06. The minimum Gasteiger partial charge on any atom is -0.495 e. The van der Waals surface area contributed by atoms with Gasteiger partial charge < -0.3 is 19.7 Å². The molecule has 1 aliphatic rings. The summed E-state index contributed by atoms with van der Waals surface area (Å²) in [4.78, 5) is 37.2. The number of carbonyl (C=O) groups is 2. The summed E-state index contributed by atoms with van der Waals surface area (Å²) in [6.45, 7) is 3.36. The van der Waals surface area contributed by atoms with E-state index in [1.165, 1.54) is 30.2 Å². The number of hydrogen-bond donors (Lipinski definition) is 1. The first-order valence-corrected chi connectivity index (χ1v) is 9.43. The standard InChI is InChI=1S/C20H20ClN3O6/c1-20(2)19(26)23(15-10-12(21)4-6-17(15)30-20)9-8-18(25)22-14-11-13(24(27)28)5-7-16(14)29-3/h4-7,10-11H,8-9H2,1-3H3,(H,22,25). The molecule has 0 radical (unpaired) electrons. The minimum absolute atomic E-state index is 0.0559. The molecular weight excluding hydrogens is 414 g/mol. The molecule has 0 aliphatic carbocycles. The Labute approximate surface area is 177 Å². The number of nitro groups is 1. The van der Waals surface area contributed by atoms with Crippen molar-refractivity contribution in [1.82, 2.24) is 0 Å². The lowest BCUT2D eigenvalue weighted by Crippen LogP contribution is -2.53. The van der Waals surface area contributed by atoms with Crippen molar-refractivity contribution >= 4 is 40.5 Å². The molecule has 158 valence electrons. The number of methoxy groups -OCH3 is 1. The maximum absolute atomic E-state index is 12.8. The molecule has 0 spiro atoms. The van der Waals surface area contributed by atoms with Gasteiger partial charge in [-0.1, -0.05) is 11.6 Å². The molecule has 0 aromatic heterocycles. The molecule has 0 fully saturated rings. The molecule has 2 amide bonds. The van der Waals surface area contributed by atoms with Gasteiger partial charge in [-0.2, -0.15) is 0 Å². The summed E-state index contributed by atoms with van der Waals surface area (Å²) in [5.41, 5.74) is -0.623. The highest BCUT2D eigenvalue weighted by molar-refractivity contribution is 6.31. The summed E-state index contributed by atoms with van der Waals surface area (Å²) < 4.78 is 10.9. The van der Waals surface area contributed by atoms with Gasteiger partial charge in [0.15, 0.2) is 5.60 Å². The Morgan fingerprint density at radius 2 is 2.03 bits per heavy atom. The van der Waals surface area contributed by atoms with Crippen LogP contribution in [0.4, 0.5) is 17.1 Å². The largest absolute Gasteiger partial charge is 0.495 e. The smallest absolute Gasteiger partial charge is 0.271 e. The maximum atomic E-state index is 12.8. The van der Waals surface area contributed by atoms with Gasteiger partial charge >= 0.3 is 0 Å². The summed E-state index contributed by atoms with van der Waals surface area (Å²) in [5, 5.41) is 14.0. The summed E-state index contributed by atoms with van der Waals surface area (Å²) in [6, 6.07) is 8.84. The Morgan fingerprint density at radius 3 is 2.70 bits per heavy atom. The molecule has 0 saturated carbocycles. The second-order valence-corrected chi connectivity index (χ2v) is 7.56. The lowest BCUT2D eigenvalue weighted by atomic mass is 10.0. The number of non-ortho nitro benzene ring substituents is 1. The highest BCUT2D eigenvalue weighted by Gasteiger charge is 2.41. The predicted octanol–water partition coefficient (Wildman–Crippen LogP) is 3.79. The number of benzene rings is 2. The average Bonchev–Trinajstić information content (AvgIpc) is 2.68. The van der Waals surface area contributed by atoms with Gasteiger partial charge in [-0.25, -0.2) is 0 Å². The summed E-state index contributed by atoms with van der Waals surface area (Å²) in [6.07, 6.45) is -0.0559. The van der Waals surface area contributed by atoms with Crippen molar-refractivity contribution in [2.75, 3.05) is 23.9 Å². The fraction of sp³-hybridized carbons (Fsp3) is 0.300. The fourth-order valence-corrected chi connectivity index (χ4v) is 3.26. The molecule has 2 aromatic carbocycles. The van der Waals surface area contributed by atoms with Crippen LogP contribution in [0.15, 0.2) is 36.4 Å². The van der Waals surface area contributed by atoms with E-state index < -0.39 is 16.4 Å². The van der Waals surface area contributed by atoms with Gasteiger partial charge in [0.2, 0.25) is 5.91 Å². The number of nitrogens with zero attached hydrogens (tertiary/aromatic N) is 2. The van der Waals surface area contributed by atoms with E-state index in [1.807, 2.05) is 0 Å². The third-order valence-corrected chi connectivity index (χ3v) is 4.80. The molecule has 2 aromatic rings.